The van der Waals surface area contributed by atoms with Gasteiger partial charge in [-0.1, -0.05) is 23.2 Å². The molecule has 0 aliphatic heterocycles. The molecule has 1 aromatic heterocycles. The summed E-state index contributed by atoms with van der Waals surface area (Å²) >= 11 is 12.0. The molecule has 3 nitrogen and oxygen atoms in total. The van der Waals surface area contributed by atoms with E-state index in [0.717, 1.165) is 16.8 Å². The fourth-order valence-electron chi connectivity index (χ4n) is 1.68. The molecule has 0 aliphatic rings. The third-order valence-corrected chi connectivity index (χ3v) is 3.21. The molecule has 17 heavy (non-hydrogen) atoms. The summed E-state index contributed by atoms with van der Waals surface area (Å²) < 4.78 is 1.83. The highest BCUT2D eigenvalue weighted by Crippen LogP contribution is 2.21. The molecule has 0 amide bonds. The molecule has 0 aliphatic carbocycles. The fourth-order valence-corrected chi connectivity index (χ4v) is 2.05. The molecule has 0 bridgehead atoms. The van der Waals surface area contributed by atoms with Crippen molar-refractivity contribution in [2.24, 2.45) is 5.73 Å². The van der Waals surface area contributed by atoms with Crippen LogP contribution in [0.3, 0.4) is 0 Å². The molecule has 2 aromatic rings. The lowest BCUT2D eigenvalue weighted by atomic mass is 10.2. The zero-order valence-electron chi connectivity index (χ0n) is 9.45. The summed E-state index contributed by atoms with van der Waals surface area (Å²) in [5.41, 5.74) is 8.55. The number of hydrogen-bond acceptors (Lipinski definition) is 2. The van der Waals surface area contributed by atoms with Crippen molar-refractivity contribution in [3.05, 3.63) is 51.3 Å². The average Bonchev–Trinajstić information content (AvgIpc) is 2.64. The molecule has 2 rings (SSSR count). The van der Waals surface area contributed by atoms with Gasteiger partial charge in [0.1, 0.15) is 0 Å². The van der Waals surface area contributed by atoms with Crippen molar-refractivity contribution in [3.63, 3.8) is 0 Å². The Kier molecular flexibility index (Phi) is 3.72. The van der Waals surface area contributed by atoms with E-state index in [1.54, 1.807) is 12.1 Å². The SMILES string of the molecule is Cc1nn(Cc2cc(Cl)ccc2Cl)cc1CN. The highest BCUT2D eigenvalue weighted by Gasteiger charge is 2.06. The van der Waals surface area contributed by atoms with Crippen LogP contribution in [0.5, 0.6) is 0 Å². The number of rotatable bonds is 3. The largest absolute Gasteiger partial charge is 0.326 e. The topological polar surface area (TPSA) is 43.8 Å². The van der Waals surface area contributed by atoms with Crippen molar-refractivity contribution in [3.8, 4) is 0 Å². The second-order valence-corrected chi connectivity index (χ2v) is 4.72. The lowest BCUT2D eigenvalue weighted by Crippen LogP contribution is -2.01. The quantitative estimate of drug-likeness (QED) is 0.931. The van der Waals surface area contributed by atoms with Gasteiger partial charge in [-0.3, -0.25) is 4.68 Å². The number of benzene rings is 1. The molecule has 0 spiro atoms. The van der Waals surface area contributed by atoms with Crippen LogP contribution in [0.4, 0.5) is 0 Å². The standard InChI is InChI=1S/C12H13Cl2N3/c1-8-10(5-15)7-17(16-8)6-9-4-11(13)2-3-12(9)14/h2-4,7H,5-6,15H2,1H3. The van der Waals surface area contributed by atoms with Crippen LogP contribution in [0, 0.1) is 6.92 Å². The van der Waals surface area contributed by atoms with E-state index in [1.165, 1.54) is 0 Å². The molecule has 5 heteroatoms. The smallest absolute Gasteiger partial charge is 0.0674 e. The van der Waals surface area contributed by atoms with Crippen LogP contribution in [0.15, 0.2) is 24.4 Å². The fraction of sp³-hybridized carbons (Fsp3) is 0.250. The second kappa shape index (κ2) is 5.08. The lowest BCUT2D eigenvalue weighted by molar-refractivity contribution is 0.679. The summed E-state index contributed by atoms with van der Waals surface area (Å²) in [7, 11) is 0. The van der Waals surface area contributed by atoms with E-state index in [2.05, 4.69) is 5.10 Å². The van der Waals surface area contributed by atoms with Crippen LogP contribution >= 0.6 is 23.2 Å². The zero-order valence-corrected chi connectivity index (χ0v) is 11.0. The van der Waals surface area contributed by atoms with Crippen molar-refractivity contribution < 1.29 is 0 Å². The van der Waals surface area contributed by atoms with Gasteiger partial charge in [-0.05, 0) is 30.7 Å². The van der Waals surface area contributed by atoms with Gasteiger partial charge in [0, 0.05) is 28.4 Å². The van der Waals surface area contributed by atoms with Gasteiger partial charge in [0.2, 0.25) is 0 Å². The Labute approximate surface area is 110 Å². The Morgan fingerprint density at radius 2 is 2.06 bits per heavy atom. The molecule has 0 atom stereocenters. The maximum atomic E-state index is 6.10. The van der Waals surface area contributed by atoms with Gasteiger partial charge in [-0.25, -0.2) is 0 Å². The summed E-state index contributed by atoms with van der Waals surface area (Å²) in [4.78, 5) is 0. The molecule has 0 saturated carbocycles. The molecular weight excluding hydrogens is 257 g/mol. The number of nitrogens with two attached hydrogens (primary N) is 1. The third-order valence-electron chi connectivity index (χ3n) is 2.61. The number of aryl methyl sites for hydroxylation is 1. The molecule has 0 saturated heterocycles. The van der Waals surface area contributed by atoms with Gasteiger partial charge in [-0.15, -0.1) is 0 Å². The van der Waals surface area contributed by atoms with Crippen molar-refractivity contribution >= 4 is 23.2 Å². The van der Waals surface area contributed by atoms with Crippen LogP contribution in [0.25, 0.3) is 0 Å². The van der Waals surface area contributed by atoms with E-state index >= 15 is 0 Å². The van der Waals surface area contributed by atoms with Crippen molar-refractivity contribution in [2.75, 3.05) is 0 Å². The Morgan fingerprint density at radius 1 is 1.29 bits per heavy atom. The summed E-state index contributed by atoms with van der Waals surface area (Å²) in [5.74, 6) is 0. The maximum absolute atomic E-state index is 6.10. The van der Waals surface area contributed by atoms with Crippen LogP contribution in [0.2, 0.25) is 10.0 Å². The number of hydrogen-bond donors (Lipinski definition) is 1. The third kappa shape index (κ3) is 2.80. The molecular formula is C12H13Cl2N3. The van der Waals surface area contributed by atoms with Gasteiger partial charge in [0.05, 0.1) is 12.2 Å². The van der Waals surface area contributed by atoms with Gasteiger partial charge in [-0.2, -0.15) is 5.10 Å². The van der Waals surface area contributed by atoms with Crippen LogP contribution < -0.4 is 5.73 Å². The molecule has 1 heterocycles. The van der Waals surface area contributed by atoms with E-state index in [9.17, 15) is 0 Å². The van der Waals surface area contributed by atoms with E-state index in [0.29, 0.717) is 23.1 Å². The Morgan fingerprint density at radius 3 is 2.71 bits per heavy atom. The zero-order chi connectivity index (χ0) is 12.4. The number of nitrogens with zero attached hydrogens (tertiary/aromatic N) is 2. The first-order valence-electron chi connectivity index (χ1n) is 5.27. The molecule has 0 unspecified atom stereocenters. The molecule has 0 fully saturated rings. The first-order chi connectivity index (χ1) is 8.10. The number of halogens is 2. The maximum Gasteiger partial charge on any atom is 0.0674 e. The molecule has 1 aromatic carbocycles. The normalized spacial score (nSPS) is 10.8. The monoisotopic (exact) mass is 269 g/mol. The Bertz CT molecular complexity index is 535. The van der Waals surface area contributed by atoms with Gasteiger partial charge in [0.15, 0.2) is 0 Å². The van der Waals surface area contributed by atoms with Crippen molar-refractivity contribution in [1.82, 2.24) is 9.78 Å². The first kappa shape index (κ1) is 12.4. The summed E-state index contributed by atoms with van der Waals surface area (Å²) in [6, 6.07) is 5.41. The Hall–Kier alpha value is -1.03. The minimum atomic E-state index is 0.495. The number of aromatic nitrogens is 2. The highest BCUT2D eigenvalue weighted by molar-refractivity contribution is 6.33. The van der Waals surface area contributed by atoms with Crippen LogP contribution in [-0.4, -0.2) is 9.78 Å². The lowest BCUT2D eigenvalue weighted by Gasteiger charge is -2.05. The minimum absolute atomic E-state index is 0.495. The molecule has 90 valence electrons. The van der Waals surface area contributed by atoms with Crippen LogP contribution in [-0.2, 0) is 13.1 Å². The van der Waals surface area contributed by atoms with Crippen molar-refractivity contribution in [1.29, 1.82) is 0 Å². The summed E-state index contributed by atoms with van der Waals surface area (Å²) in [6.07, 6.45) is 1.94. The second-order valence-electron chi connectivity index (χ2n) is 3.88. The molecule has 2 N–H and O–H groups in total. The van der Waals surface area contributed by atoms with Crippen molar-refractivity contribution in [2.45, 2.75) is 20.0 Å². The molecule has 0 radical (unpaired) electrons. The van der Waals surface area contributed by atoms with Gasteiger partial charge in [0.25, 0.3) is 0 Å². The minimum Gasteiger partial charge on any atom is -0.326 e. The first-order valence-corrected chi connectivity index (χ1v) is 6.02. The van der Waals surface area contributed by atoms with E-state index in [4.69, 9.17) is 28.9 Å². The van der Waals surface area contributed by atoms with E-state index < -0.39 is 0 Å². The summed E-state index contributed by atoms with van der Waals surface area (Å²) in [6.45, 7) is 3.04. The summed E-state index contributed by atoms with van der Waals surface area (Å²) in [5, 5.41) is 5.75. The Balaban J connectivity index is 2.27. The van der Waals surface area contributed by atoms with Crippen LogP contribution in [0.1, 0.15) is 16.8 Å². The predicted molar refractivity (Wildman–Crippen MR) is 70.4 cm³/mol. The van der Waals surface area contributed by atoms with E-state index in [-0.39, 0.29) is 0 Å². The predicted octanol–water partition coefficient (Wildman–Crippen LogP) is 3.01. The van der Waals surface area contributed by atoms with Gasteiger partial charge < -0.3 is 5.73 Å². The van der Waals surface area contributed by atoms with E-state index in [1.807, 2.05) is 23.9 Å². The average molecular weight is 270 g/mol. The van der Waals surface area contributed by atoms with Gasteiger partial charge >= 0.3 is 0 Å². The highest BCUT2D eigenvalue weighted by atomic mass is 35.5.